The smallest absolute Gasteiger partial charge is 0.133 e. The Morgan fingerprint density at radius 1 is 1.50 bits per heavy atom. The first-order valence-corrected chi connectivity index (χ1v) is 6.17. The van der Waals surface area contributed by atoms with E-state index in [0.29, 0.717) is 0 Å². The maximum atomic E-state index is 9.18. The molecule has 1 aliphatic carbocycles. The Hall–Kier alpha value is -0.580. The highest BCUT2D eigenvalue weighted by molar-refractivity contribution is 9.10. The van der Waals surface area contributed by atoms with Gasteiger partial charge in [-0.15, -0.1) is 0 Å². The van der Waals surface area contributed by atoms with Crippen LogP contribution in [0.1, 0.15) is 18.4 Å². The summed E-state index contributed by atoms with van der Waals surface area (Å²) in [5.74, 6) is 0.840. The summed E-state index contributed by atoms with van der Waals surface area (Å²) in [6.07, 6.45) is 2.14. The van der Waals surface area contributed by atoms with E-state index in [4.69, 9.17) is 4.74 Å². The maximum Gasteiger partial charge on any atom is 0.133 e. The minimum absolute atomic E-state index is 0.00754. The third-order valence-electron chi connectivity index (χ3n) is 3.04. The summed E-state index contributed by atoms with van der Waals surface area (Å²) in [6, 6.07) is 6.02. The van der Waals surface area contributed by atoms with Crippen molar-refractivity contribution in [3.05, 3.63) is 28.2 Å². The quantitative estimate of drug-likeness (QED) is 0.870. The summed E-state index contributed by atoms with van der Waals surface area (Å²) in [5, 5.41) is 12.6. The largest absolute Gasteiger partial charge is 0.496 e. The number of aliphatic hydroxyl groups is 1. The number of benzene rings is 1. The molecule has 4 heteroatoms. The first-order chi connectivity index (χ1) is 7.69. The molecule has 1 aromatic carbocycles. The highest BCUT2D eigenvalue weighted by Crippen LogP contribution is 2.35. The van der Waals surface area contributed by atoms with Gasteiger partial charge in [0.15, 0.2) is 0 Å². The molecule has 3 nitrogen and oxygen atoms in total. The number of nitrogens with one attached hydrogen (secondary N) is 1. The molecule has 1 saturated carbocycles. The summed E-state index contributed by atoms with van der Waals surface area (Å²) in [4.78, 5) is 0. The molecule has 0 radical (unpaired) electrons. The number of methoxy groups -OCH3 is 1. The van der Waals surface area contributed by atoms with Crippen molar-refractivity contribution in [1.82, 2.24) is 5.32 Å². The molecule has 0 spiro atoms. The molecular weight excluding hydrogens is 270 g/mol. The van der Waals surface area contributed by atoms with Gasteiger partial charge in [0.2, 0.25) is 0 Å². The fourth-order valence-corrected chi connectivity index (χ4v) is 2.24. The van der Waals surface area contributed by atoms with E-state index in [9.17, 15) is 5.11 Å². The van der Waals surface area contributed by atoms with Crippen LogP contribution >= 0.6 is 15.9 Å². The van der Waals surface area contributed by atoms with Gasteiger partial charge in [-0.05, 0) is 46.5 Å². The molecule has 1 aliphatic rings. The average molecular weight is 286 g/mol. The van der Waals surface area contributed by atoms with Crippen molar-refractivity contribution in [3.63, 3.8) is 0 Å². The van der Waals surface area contributed by atoms with Crippen LogP contribution in [0.15, 0.2) is 22.7 Å². The normalized spacial score (nSPS) is 17.2. The summed E-state index contributed by atoms with van der Waals surface area (Å²) in [7, 11) is 1.66. The molecule has 1 aromatic rings. The Balaban J connectivity index is 1.97. The number of ether oxygens (including phenoxy) is 1. The SMILES string of the molecule is COc1ccc(CNC2(CO)CC2)cc1Br. The van der Waals surface area contributed by atoms with E-state index in [-0.39, 0.29) is 12.1 Å². The molecule has 1 fully saturated rings. The topological polar surface area (TPSA) is 41.5 Å². The van der Waals surface area contributed by atoms with Gasteiger partial charge in [-0.2, -0.15) is 0 Å². The standard InChI is InChI=1S/C12H16BrNO2/c1-16-11-3-2-9(6-10(11)13)7-14-12(8-15)4-5-12/h2-3,6,14-15H,4-5,7-8H2,1H3. The number of hydrogen-bond acceptors (Lipinski definition) is 3. The molecule has 0 saturated heterocycles. The van der Waals surface area contributed by atoms with Crippen LogP contribution in [0.25, 0.3) is 0 Å². The second-order valence-corrected chi connectivity index (χ2v) is 5.12. The number of halogens is 1. The highest BCUT2D eigenvalue weighted by Gasteiger charge is 2.41. The first kappa shape index (κ1) is 11.9. The van der Waals surface area contributed by atoms with Gasteiger partial charge in [0.25, 0.3) is 0 Å². The summed E-state index contributed by atoms with van der Waals surface area (Å²) >= 11 is 3.46. The third-order valence-corrected chi connectivity index (χ3v) is 3.66. The number of rotatable bonds is 5. The lowest BCUT2D eigenvalue weighted by molar-refractivity contribution is 0.229. The van der Waals surface area contributed by atoms with E-state index in [0.717, 1.165) is 29.6 Å². The van der Waals surface area contributed by atoms with Crippen molar-refractivity contribution in [1.29, 1.82) is 0 Å². The summed E-state index contributed by atoms with van der Waals surface area (Å²) in [6.45, 7) is 1.01. The van der Waals surface area contributed by atoms with Gasteiger partial charge in [-0.3, -0.25) is 0 Å². The molecule has 0 heterocycles. The van der Waals surface area contributed by atoms with Crippen LogP contribution in [0.4, 0.5) is 0 Å². The van der Waals surface area contributed by atoms with Crippen molar-refractivity contribution in [2.24, 2.45) is 0 Å². The summed E-state index contributed by atoms with van der Waals surface area (Å²) in [5.41, 5.74) is 1.18. The second-order valence-electron chi connectivity index (χ2n) is 4.26. The van der Waals surface area contributed by atoms with Crippen LogP contribution in [0.2, 0.25) is 0 Å². The van der Waals surface area contributed by atoms with Gasteiger partial charge in [0.1, 0.15) is 5.75 Å². The highest BCUT2D eigenvalue weighted by atomic mass is 79.9. The fourth-order valence-electron chi connectivity index (χ4n) is 1.65. The predicted molar refractivity (Wildman–Crippen MR) is 66.6 cm³/mol. The Morgan fingerprint density at radius 3 is 2.75 bits per heavy atom. The lowest BCUT2D eigenvalue weighted by Gasteiger charge is -2.14. The van der Waals surface area contributed by atoms with Crippen LogP contribution in [-0.4, -0.2) is 24.4 Å². The zero-order chi connectivity index (χ0) is 11.6. The molecule has 2 N–H and O–H groups in total. The minimum atomic E-state index is -0.00754. The lowest BCUT2D eigenvalue weighted by atomic mass is 10.2. The minimum Gasteiger partial charge on any atom is -0.496 e. The van der Waals surface area contributed by atoms with Gasteiger partial charge >= 0.3 is 0 Å². The van der Waals surface area contributed by atoms with Crippen LogP contribution in [0.3, 0.4) is 0 Å². The van der Waals surface area contributed by atoms with Crippen molar-refractivity contribution in [2.75, 3.05) is 13.7 Å². The molecule has 0 aromatic heterocycles. The van der Waals surface area contributed by atoms with E-state index in [1.807, 2.05) is 18.2 Å². The number of hydrogen-bond donors (Lipinski definition) is 2. The number of aliphatic hydroxyl groups excluding tert-OH is 1. The van der Waals surface area contributed by atoms with E-state index < -0.39 is 0 Å². The van der Waals surface area contributed by atoms with Crippen LogP contribution in [0.5, 0.6) is 5.75 Å². The molecule has 0 amide bonds. The maximum absolute atomic E-state index is 9.18. The van der Waals surface area contributed by atoms with Crippen LogP contribution < -0.4 is 10.1 Å². The van der Waals surface area contributed by atoms with E-state index in [2.05, 4.69) is 21.2 Å². The van der Waals surface area contributed by atoms with E-state index in [1.165, 1.54) is 5.56 Å². The predicted octanol–water partition coefficient (Wildman–Crippen LogP) is 2.07. The Morgan fingerprint density at radius 2 is 2.25 bits per heavy atom. The second kappa shape index (κ2) is 4.73. The van der Waals surface area contributed by atoms with Crippen LogP contribution in [0, 0.1) is 0 Å². The molecule has 0 unspecified atom stereocenters. The molecule has 2 rings (SSSR count). The molecule has 88 valence electrons. The van der Waals surface area contributed by atoms with Gasteiger partial charge in [-0.1, -0.05) is 6.07 Å². The van der Waals surface area contributed by atoms with Crippen molar-refractivity contribution in [3.8, 4) is 5.75 Å². The first-order valence-electron chi connectivity index (χ1n) is 5.37. The average Bonchev–Trinajstić information content (AvgIpc) is 3.07. The zero-order valence-corrected chi connectivity index (χ0v) is 10.9. The van der Waals surface area contributed by atoms with E-state index >= 15 is 0 Å². The van der Waals surface area contributed by atoms with Gasteiger partial charge in [0.05, 0.1) is 18.2 Å². The third kappa shape index (κ3) is 2.56. The van der Waals surface area contributed by atoms with Gasteiger partial charge in [-0.25, -0.2) is 0 Å². The van der Waals surface area contributed by atoms with Crippen molar-refractivity contribution in [2.45, 2.75) is 24.9 Å². The summed E-state index contributed by atoms with van der Waals surface area (Å²) < 4.78 is 6.13. The van der Waals surface area contributed by atoms with Gasteiger partial charge < -0.3 is 15.2 Å². The molecule has 0 aliphatic heterocycles. The van der Waals surface area contributed by atoms with Crippen molar-refractivity contribution < 1.29 is 9.84 Å². The Bertz CT molecular complexity index is 377. The molecular formula is C12H16BrNO2. The Labute approximate surface area is 104 Å². The van der Waals surface area contributed by atoms with E-state index in [1.54, 1.807) is 7.11 Å². The van der Waals surface area contributed by atoms with Crippen molar-refractivity contribution >= 4 is 15.9 Å². The molecule has 0 atom stereocenters. The van der Waals surface area contributed by atoms with Gasteiger partial charge in [0, 0.05) is 12.1 Å². The zero-order valence-electron chi connectivity index (χ0n) is 9.29. The van der Waals surface area contributed by atoms with Crippen LogP contribution in [-0.2, 0) is 6.54 Å². The molecule has 16 heavy (non-hydrogen) atoms. The Kier molecular flexibility index (Phi) is 3.52. The monoisotopic (exact) mass is 285 g/mol. The molecule has 0 bridgehead atoms. The fraction of sp³-hybridized carbons (Fsp3) is 0.500. The lowest BCUT2D eigenvalue weighted by Crippen LogP contribution is -2.34.